The number of methoxy groups -OCH3 is 1. The van der Waals surface area contributed by atoms with Gasteiger partial charge in [0.25, 0.3) is 0 Å². The lowest BCUT2D eigenvalue weighted by Gasteiger charge is -2.06. The van der Waals surface area contributed by atoms with Crippen LogP contribution in [0.3, 0.4) is 0 Å². The molecular weight excluding hydrogens is 264 g/mol. The first-order valence-electron chi connectivity index (χ1n) is 5.96. The summed E-state index contributed by atoms with van der Waals surface area (Å²) in [5, 5.41) is 5.18. The van der Waals surface area contributed by atoms with E-state index < -0.39 is 0 Å². The zero-order chi connectivity index (χ0) is 14.1. The van der Waals surface area contributed by atoms with Crippen molar-refractivity contribution in [1.82, 2.24) is 10.6 Å². The van der Waals surface area contributed by atoms with Crippen LogP contribution in [0.5, 0.6) is 5.75 Å². The monoisotopic (exact) mass is 282 g/mol. The molecule has 6 heteroatoms. The highest BCUT2D eigenvalue weighted by Gasteiger charge is 2.05. The predicted octanol–water partition coefficient (Wildman–Crippen LogP) is 1.04. The van der Waals surface area contributed by atoms with E-state index in [1.54, 1.807) is 7.11 Å². The molecule has 5 nitrogen and oxygen atoms in total. The van der Waals surface area contributed by atoms with Crippen molar-refractivity contribution in [1.29, 1.82) is 0 Å². The molecule has 0 atom stereocenters. The van der Waals surface area contributed by atoms with Crippen molar-refractivity contribution in [3.63, 3.8) is 0 Å². The summed E-state index contributed by atoms with van der Waals surface area (Å²) < 4.78 is 5.10. The molecule has 0 spiro atoms. The Hall–Kier alpha value is -1.69. The highest BCUT2D eigenvalue weighted by Crippen LogP contribution is 2.22. The van der Waals surface area contributed by atoms with Crippen LogP contribution in [0.1, 0.15) is 6.92 Å². The number of rotatable bonds is 7. The third kappa shape index (κ3) is 6.15. The third-order valence-electron chi connectivity index (χ3n) is 2.23. The van der Waals surface area contributed by atoms with Crippen molar-refractivity contribution in [3.05, 3.63) is 24.3 Å². The Morgan fingerprint density at radius 3 is 2.74 bits per heavy atom. The molecule has 0 saturated heterocycles. The second-order valence-corrected chi connectivity index (χ2v) is 4.75. The fourth-order valence-electron chi connectivity index (χ4n) is 1.33. The molecule has 0 unspecified atom stereocenters. The number of amides is 2. The van der Waals surface area contributed by atoms with Gasteiger partial charge in [0.15, 0.2) is 0 Å². The summed E-state index contributed by atoms with van der Waals surface area (Å²) in [7, 11) is 1.60. The summed E-state index contributed by atoms with van der Waals surface area (Å²) in [6.45, 7) is 2.41. The number of nitrogens with one attached hydrogen (secondary N) is 2. The zero-order valence-electron chi connectivity index (χ0n) is 11.1. The summed E-state index contributed by atoms with van der Waals surface area (Å²) in [6.07, 6.45) is 0. The van der Waals surface area contributed by atoms with Crippen molar-refractivity contribution in [3.8, 4) is 5.75 Å². The molecule has 0 aliphatic carbocycles. The van der Waals surface area contributed by atoms with Gasteiger partial charge < -0.3 is 15.4 Å². The fraction of sp³-hybridized carbons (Fsp3) is 0.385. The first-order chi connectivity index (χ1) is 9.15. The molecule has 0 heterocycles. The number of benzene rings is 1. The van der Waals surface area contributed by atoms with E-state index in [1.165, 1.54) is 11.8 Å². The van der Waals surface area contributed by atoms with Crippen molar-refractivity contribution in [2.45, 2.75) is 11.8 Å². The Bertz CT molecular complexity index is 438. The summed E-state index contributed by atoms with van der Waals surface area (Å²) in [5.41, 5.74) is 0. The molecule has 0 aliphatic heterocycles. The van der Waals surface area contributed by atoms with Crippen LogP contribution < -0.4 is 15.4 Å². The highest BCUT2D eigenvalue weighted by atomic mass is 32.2. The van der Waals surface area contributed by atoms with Gasteiger partial charge in [-0.1, -0.05) is 6.07 Å². The van der Waals surface area contributed by atoms with E-state index in [-0.39, 0.29) is 24.1 Å². The van der Waals surface area contributed by atoms with Crippen molar-refractivity contribution < 1.29 is 14.3 Å². The lowest BCUT2D eigenvalue weighted by molar-refractivity contribution is -0.124. The first kappa shape index (κ1) is 15.4. The van der Waals surface area contributed by atoms with Gasteiger partial charge in [-0.15, -0.1) is 11.8 Å². The van der Waals surface area contributed by atoms with Crippen LogP contribution >= 0.6 is 11.8 Å². The number of carbonyl (C=O) groups is 2. The average molecular weight is 282 g/mol. The number of thioether (sulfide) groups is 1. The van der Waals surface area contributed by atoms with E-state index in [9.17, 15) is 9.59 Å². The molecule has 2 amide bonds. The number of carbonyl (C=O) groups excluding carboxylic acids is 2. The molecule has 0 aliphatic rings. The maximum atomic E-state index is 11.5. The maximum absolute atomic E-state index is 11.5. The number of ether oxygens (including phenoxy) is 1. The molecule has 2 N–H and O–H groups in total. The summed E-state index contributed by atoms with van der Waals surface area (Å²) in [6, 6.07) is 7.49. The van der Waals surface area contributed by atoms with Crippen LogP contribution in [0, 0.1) is 0 Å². The Kier molecular flexibility index (Phi) is 6.81. The van der Waals surface area contributed by atoms with E-state index in [0.717, 1.165) is 10.6 Å². The molecule has 1 aromatic rings. The predicted molar refractivity (Wildman–Crippen MR) is 75.4 cm³/mol. The Morgan fingerprint density at radius 1 is 1.26 bits per heavy atom. The fourth-order valence-corrected chi connectivity index (χ4v) is 2.10. The minimum absolute atomic E-state index is 0.0192. The molecule has 1 rings (SSSR count). The Balaban J connectivity index is 2.31. The van der Waals surface area contributed by atoms with E-state index in [2.05, 4.69) is 10.6 Å². The molecular formula is C13H18N2O3S. The van der Waals surface area contributed by atoms with Crippen molar-refractivity contribution >= 4 is 23.6 Å². The minimum atomic E-state index is -0.178. The average Bonchev–Trinajstić information content (AvgIpc) is 2.43. The van der Waals surface area contributed by atoms with Crippen LogP contribution in [-0.4, -0.2) is 37.8 Å². The lowest BCUT2D eigenvalue weighted by Crippen LogP contribution is -2.37. The Morgan fingerprint density at radius 2 is 2.05 bits per heavy atom. The van der Waals surface area contributed by atoms with Crippen LogP contribution in [0.2, 0.25) is 0 Å². The summed E-state index contributed by atoms with van der Waals surface area (Å²) in [4.78, 5) is 23.6. The van der Waals surface area contributed by atoms with E-state index >= 15 is 0 Å². The molecule has 0 aromatic heterocycles. The van der Waals surface area contributed by atoms with Crippen LogP contribution in [0.4, 0.5) is 0 Å². The van der Waals surface area contributed by atoms with Gasteiger partial charge in [-0.05, 0) is 25.1 Å². The SMILES string of the molecule is CCNC(=O)CNC(=O)CSc1cccc(OC)c1. The highest BCUT2D eigenvalue weighted by molar-refractivity contribution is 8.00. The van der Waals surface area contributed by atoms with Gasteiger partial charge in [0.2, 0.25) is 11.8 Å². The molecule has 0 saturated carbocycles. The lowest BCUT2D eigenvalue weighted by atomic mass is 10.3. The van der Waals surface area contributed by atoms with Gasteiger partial charge in [0.05, 0.1) is 19.4 Å². The van der Waals surface area contributed by atoms with Crippen LogP contribution in [0.25, 0.3) is 0 Å². The smallest absolute Gasteiger partial charge is 0.239 e. The van der Waals surface area contributed by atoms with Gasteiger partial charge in [-0.2, -0.15) is 0 Å². The van der Waals surface area contributed by atoms with Gasteiger partial charge in [0.1, 0.15) is 5.75 Å². The number of hydrogen-bond acceptors (Lipinski definition) is 4. The second-order valence-electron chi connectivity index (χ2n) is 3.70. The van der Waals surface area contributed by atoms with E-state index in [0.29, 0.717) is 6.54 Å². The third-order valence-corrected chi connectivity index (χ3v) is 3.22. The molecule has 104 valence electrons. The molecule has 0 fully saturated rings. The summed E-state index contributed by atoms with van der Waals surface area (Å²) in [5.74, 6) is 0.682. The topological polar surface area (TPSA) is 67.4 Å². The number of likely N-dealkylation sites (N-methyl/N-ethyl adjacent to an activating group) is 1. The number of hydrogen-bond donors (Lipinski definition) is 2. The van der Waals surface area contributed by atoms with E-state index in [4.69, 9.17) is 4.74 Å². The molecule has 19 heavy (non-hydrogen) atoms. The molecule has 0 radical (unpaired) electrons. The maximum Gasteiger partial charge on any atom is 0.239 e. The van der Waals surface area contributed by atoms with E-state index in [1.807, 2.05) is 31.2 Å². The molecule has 0 bridgehead atoms. The van der Waals surface area contributed by atoms with Gasteiger partial charge in [-0.3, -0.25) is 9.59 Å². The largest absolute Gasteiger partial charge is 0.497 e. The van der Waals surface area contributed by atoms with Crippen LogP contribution in [0.15, 0.2) is 29.2 Å². The van der Waals surface area contributed by atoms with Gasteiger partial charge >= 0.3 is 0 Å². The minimum Gasteiger partial charge on any atom is -0.497 e. The quantitative estimate of drug-likeness (QED) is 0.733. The Labute approximate surface area is 117 Å². The van der Waals surface area contributed by atoms with Crippen molar-refractivity contribution in [2.75, 3.05) is 26.0 Å². The van der Waals surface area contributed by atoms with Crippen molar-refractivity contribution in [2.24, 2.45) is 0 Å². The standard InChI is InChI=1S/C13H18N2O3S/c1-3-14-12(16)8-15-13(17)9-19-11-6-4-5-10(7-11)18-2/h4-7H,3,8-9H2,1-2H3,(H,14,16)(H,15,17). The van der Waals surface area contributed by atoms with Gasteiger partial charge in [-0.25, -0.2) is 0 Å². The molecule has 1 aromatic carbocycles. The van der Waals surface area contributed by atoms with Gasteiger partial charge in [0, 0.05) is 11.4 Å². The second kappa shape index (κ2) is 8.42. The normalized spacial score (nSPS) is 9.79. The summed E-state index contributed by atoms with van der Waals surface area (Å²) >= 11 is 1.40. The van der Waals surface area contributed by atoms with Crippen LogP contribution in [-0.2, 0) is 9.59 Å². The zero-order valence-corrected chi connectivity index (χ0v) is 11.9. The first-order valence-corrected chi connectivity index (χ1v) is 6.94.